The largest absolute Gasteiger partial charge is 0.497 e. The number of unbranched alkanes of at least 4 members (excludes halogenated alkanes) is 2. The summed E-state index contributed by atoms with van der Waals surface area (Å²) in [4.78, 5) is 25.8. The summed E-state index contributed by atoms with van der Waals surface area (Å²) < 4.78 is 22.4. The molecular formula is C27H34N2O6. The standard InChI is InChI=1S/C27H34N2O6/c1-5-8-9-16-35-21-15-12-19(17-22(21)33-6-2)25-23(26(30)34-7-3)24(28-27(31)29-25)18-10-13-20(32-4)14-11-18/h10-15,17,25H,5-9,16H2,1-4H3,(H2,28,29,31). The molecule has 0 radical (unpaired) electrons. The maximum Gasteiger partial charge on any atom is 0.338 e. The Hall–Kier alpha value is -3.68. The van der Waals surface area contributed by atoms with Gasteiger partial charge in [-0.25, -0.2) is 9.59 Å². The third kappa shape index (κ3) is 6.47. The van der Waals surface area contributed by atoms with Gasteiger partial charge in [0.05, 0.1) is 44.2 Å². The van der Waals surface area contributed by atoms with E-state index in [1.54, 1.807) is 44.4 Å². The minimum Gasteiger partial charge on any atom is -0.497 e. The molecule has 0 fully saturated rings. The Morgan fingerprint density at radius 3 is 2.37 bits per heavy atom. The first-order valence-electron chi connectivity index (χ1n) is 12.0. The van der Waals surface area contributed by atoms with Crippen LogP contribution >= 0.6 is 0 Å². The summed E-state index contributed by atoms with van der Waals surface area (Å²) >= 11 is 0. The Kier molecular flexibility index (Phi) is 9.40. The second kappa shape index (κ2) is 12.7. The predicted octanol–water partition coefficient (Wildman–Crippen LogP) is 4.99. The molecule has 0 aromatic heterocycles. The lowest BCUT2D eigenvalue weighted by atomic mass is 9.92. The van der Waals surface area contributed by atoms with Crippen LogP contribution in [0.5, 0.6) is 17.2 Å². The molecule has 1 atom stereocenters. The van der Waals surface area contributed by atoms with Crippen molar-refractivity contribution in [3.05, 3.63) is 59.2 Å². The fourth-order valence-electron chi connectivity index (χ4n) is 3.85. The van der Waals surface area contributed by atoms with Gasteiger partial charge in [-0.1, -0.05) is 25.8 Å². The Balaban J connectivity index is 2.05. The van der Waals surface area contributed by atoms with Gasteiger partial charge in [0.15, 0.2) is 11.5 Å². The third-order valence-corrected chi connectivity index (χ3v) is 5.55. The highest BCUT2D eigenvalue weighted by molar-refractivity contribution is 6.04. The Morgan fingerprint density at radius 1 is 0.943 bits per heavy atom. The van der Waals surface area contributed by atoms with Gasteiger partial charge in [-0.3, -0.25) is 0 Å². The van der Waals surface area contributed by atoms with Crippen molar-refractivity contribution in [3.63, 3.8) is 0 Å². The molecule has 2 N–H and O–H groups in total. The van der Waals surface area contributed by atoms with Gasteiger partial charge in [-0.05, 0) is 67.8 Å². The average molecular weight is 483 g/mol. The molecule has 2 amide bonds. The van der Waals surface area contributed by atoms with Crippen LogP contribution in [-0.2, 0) is 9.53 Å². The molecule has 1 heterocycles. The van der Waals surface area contributed by atoms with Crippen LogP contribution in [0.25, 0.3) is 5.70 Å². The van der Waals surface area contributed by atoms with Crippen LogP contribution < -0.4 is 24.8 Å². The Morgan fingerprint density at radius 2 is 1.71 bits per heavy atom. The number of carbonyl (C=O) groups excluding carboxylic acids is 2. The van der Waals surface area contributed by atoms with Gasteiger partial charge in [0.1, 0.15) is 5.75 Å². The normalized spacial score (nSPS) is 15.2. The number of hydrogen-bond donors (Lipinski definition) is 2. The lowest BCUT2D eigenvalue weighted by Gasteiger charge is -2.30. The number of hydrogen-bond acceptors (Lipinski definition) is 6. The molecule has 0 bridgehead atoms. The average Bonchev–Trinajstić information content (AvgIpc) is 2.87. The van der Waals surface area contributed by atoms with Gasteiger partial charge in [0.25, 0.3) is 0 Å². The minimum absolute atomic E-state index is 0.202. The van der Waals surface area contributed by atoms with E-state index >= 15 is 0 Å². The fraction of sp³-hybridized carbons (Fsp3) is 0.407. The van der Waals surface area contributed by atoms with Crippen molar-refractivity contribution in [3.8, 4) is 17.2 Å². The van der Waals surface area contributed by atoms with Crippen molar-refractivity contribution in [1.82, 2.24) is 10.6 Å². The monoisotopic (exact) mass is 482 g/mol. The molecule has 1 unspecified atom stereocenters. The zero-order chi connectivity index (χ0) is 25.2. The predicted molar refractivity (Wildman–Crippen MR) is 134 cm³/mol. The summed E-state index contributed by atoms with van der Waals surface area (Å²) in [5.41, 5.74) is 2.03. The quantitative estimate of drug-likeness (QED) is 0.327. The first kappa shape index (κ1) is 25.9. The molecular weight excluding hydrogens is 448 g/mol. The molecule has 2 aromatic carbocycles. The molecule has 0 saturated heterocycles. The molecule has 0 aliphatic carbocycles. The molecule has 2 aromatic rings. The highest BCUT2D eigenvalue weighted by atomic mass is 16.5. The van der Waals surface area contributed by atoms with Crippen molar-refractivity contribution in [2.75, 3.05) is 26.9 Å². The second-order valence-corrected chi connectivity index (χ2v) is 7.96. The van der Waals surface area contributed by atoms with Crippen LogP contribution in [-0.4, -0.2) is 38.9 Å². The summed E-state index contributed by atoms with van der Waals surface area (Å²) in [6.45, 7) is 7.02. The highest BCUT2D eigenvalue weighted by Crippen LogP contribution is 2.37. The minimum atomic E-state index is -0.742. The SMILES string of the molecule is CCCCCOc1ccc(C2NC(=O)NC(c3ccc(OC)cc3)=C2C(=O)OCC)cc1OCC. The molecule has 188 valence electrons. The summed E-state index contributed by atoms with van der Waals surface area (Å²) in [5.74, 6) is 1.33. The van der Waals surface area contributed by atoms with Crippen LogP contribution in [0.3, 0.4) is 0 Å². The van der Waals surface area contributed by atoms with E-state index in [1.807, 2.05) is 19.1 Å². The number of carbonyl (C=O) groups is 2. The van der Waals surface area contributed by atoms with Crippen LogP contribution in [0.15, 0.2) is 48.0 Å². The third-order valence-electron chi connectivity index (χ3n) is 5.55. The lowest BCUT2D eigenvalue weighted by molar-refractivity contribution is -0.138. The molecule has 35 heavy (non-hydrogen) atoms. The Labute approximate surface area is 206 Å². The van der Waals surface area contributed by atoms with Crippen molar-refractivity contribution in [1.29, 1.82) is 0 Å². The Bertz CT molecular complexity index is 1050. The fourth-order valence-corrected chi connectivity index (χ4v) is 3.85. The molecule has 1 aliphatic rings. The van der Waals surface area contributed by atoms with Crippen molar-refractivity contribution in [2.24, 2.45) is 0 Å². The van der Waals surface area contributed by atoms with Gasteiger partial charge in [-0.2, -0.15) is 0 Å². The first-order chi connectivity index (χ1) is 17.0. The zero-order valence-corrected chi connectivity index (χ0v) is 20.8. The number of esters is 1. The number of methoxy groups -OCH3 is 1. The number of benzene rings is 2. The van der Waals surface area contributed by atoms with E-state index in [0.29, 0.717) is 52.9 Å². The molecule has 3 rings (SSSR count). The molecule has 8 nitrogen and oxygen atoms in total. The van der Waals surface area contributed by atoms with Crippen molar-refractivity contribution in [2.45, 2.75) is 46.1 Å². The van der Waals surface area contributed by atoms with Crippen molar-refractivity contribution >= 4 is 17.7 Å². The highest BCUT2D eigenvalue weighted by Gasteiger charge is 2.35. The second-order valence-electron chi connectivity index (χ2n) is 7.96. The lowest BCUT2D eigenvalue weighted by Crippen LogP contribution is -2.45. The maximum atomic E-state index is 13.1. The van der Waals surface area contributed by atoms with Crippen LogP contribution in [0.1, 0.15) is 57.2 Å². The van der Waals surface area contributed by atoms with Gasteiger partial charge in [0.2, 0.25) is 0 Å². The smallest absolute Gasteiger partial charge is 0.338 e. The topological polar surface area (TPSA) is 95.1 Å². The van der Waals surface area contributed by atoms with Crippen LogP contribution in [0.2, 0.25) is 0 Å². The molecule has 0 spiro atoms. The van der Waals surface area contributed by atoms with E-state index in [1.165, 1.54) is 0 Å². The van der Waals surface area contributed by atoms with Gasteiger partial charge >= 0.3 is 12.0 Å². The summed E-state index contributed by atoms with van der Waals surface area (Å²) in [7, 11) is 1.58. The van der Waals surface area contributed by atoms with Crippen LogP contribution in [0.4, 0.5) is 4.79 Å². The van der Waals surface area contributed by atoms with E-state index < -0.39 is 18.0 Å². The van der Waals surface area contributed by atoms with Gasteiger partial charge in [0, 0.05) is 0 Å². The zero-order valence-electron chi connectivity index (χ0n) is 20.8. The molecule has 8 heteroatoms. The number of rotatable bonds is 12. The van der Waals surface area contributed by atoms with E-state index in [4.69, 9.17) is 18.9 Å². The van der Waals surface area contributed by atoms with E-state index in [9.17, 15) is 9.59 Å². The first-order valence-corrected chi connectivity index (χ1v) is 12.0. The van der Waals surface area contributed by atoms with Crippen LogP contribution in [0, 0.1) is 0 Å². The van der Waals surface area contributed by atoms with E-state index in [-0.39, 0.29) is 6.61 Å². The van der Waals surface area contributed by atoms with Gasteiger partial charge in [-0.15, -0.1) is 0 Å². The van der Waals surface area contributed by atoms with Gasteiger partial charge < -0.3 is 29.6 Å². The molecule has 0 saturated carbocycles. The number of amides is 2. The number of ether oxygens (including phenoxy) is 4. The van der Waals surface area contributed by atoms with E-state index in [2.05, 4.69) is 17.6 Å². The summed E-state index contributed by atoms with van der Waals surface area (Å²) in [6, 6.07) is 11.4. The number of nitrogens with one attached hydrogen (secondary N) is 2. The summed E-state index contributed by atoms with van der Waals surface area (Å²) in [6.07, 6.45) is 3.15. The van der Waals surface area contributed by atoms with E-state index in [0.717, 1.165) is 19.3 Å². The summed E-state index contributed by atoms with van der Waals surface area (Å²) in [5, 5.41) is 5.65. The maximum absolute atomic E-state index is 13.1. The van der Waals surface area contributed by atoms with Crippen molar-refractivity contribution < 1.29 is 28.5 Å². The number of urea groups is 1. The molecule has 1 aliphatic heterocycles.